The van der Waals surface area contributed by atoms with E-state index in [4.69, 9.17) is 0 Å². The van der Waals surface area contributed by atoms with Crippen molar-refractivity contribution in [2.75, 3.05) is 31.1 Å². The van der Waals surface area contributed by atoms with Crippen LogP contribution in [0.3, 0.4) is 0 Å². The van der Waals surface area contributed by atoms with Crippen LogP contribution in [0.5, 0.6) is 0 Å². The summed E-state index contributed by atoms with van der Waals surface area (Å²) in [6.45, 7) is 7.06. The third kappa shape index (κ3) is 3.37. The summed E-state index contributed by atoms with van der Waals surface area (Å²) in [5.74, 6) is 1.11. The maximum Gasteiger partial charge on any atom is 0.264 e. The highest BCUT2D eigenvalue weighted by Gasteiger charge is 2.24. The predicted molar refractivity (Wildman–Crippen MR) is 107 cm³/mol. The molecule has 3 aromatic rings. The minimum absolute atomic E-state index is 0.152. The van der Waals surface area contributed by atoms with Crippen LogP contribution in [0.2, 0.25) is 0 Å². The fourth-order valence-corrected chi connectivity index (χ4v) is 4.74. The Hall–Kier alpha value is -2.25. The number of thiazole rings is 1. The van der Waals surface area contributed by atoms with Crippen molar-refractivity contribution in [2.45, 2.75) is 13.8 Å². The fraction of sp³-hybridized carbons (Fsp3) is 0.316. The number of aromatic nitrogens is 2. The first-order chi connectivity index (χ1) is 12.6. The zero-order valence-corrected chi connectivity index (χ0v) is 16.4. The molecule has 7 heteroatoms. The lowest BCUT2D eigenvalue weighted by molar-refractivity contribution is 0.0751. The fourth-order valence-electron chi connectivity index (χ4n) is 3.06. The van der Waals surface area contributed by atoms with Crippen molar-refractivity contribution >= 4 is 34.4 Å². The number of aryl methyl sites for hydroxylation is 2. The van der Waals surface area contributed by atoms with Crippen molar-refractivity contribution in [3.05, 3.63) is 51.3 Å². The number of thiophene rings is 1. The van der Waals surface area contributed by atoms with Gasteiger partial charge < -0.3 is 9.80 Å². The van der Waals surface area contributed by atoms with Crippen LogP contribution in [0, 0.1) is 13.8 Å². The molecule has 4 heterocycles. The third-order valence-corrected chi connectivity index (χ3v) is 6.57. The Morgan fingerprint density at radius 2 is 1.88 bits per heavy atom. The molecule has 1 amide bonds. The molecule has 134 valence electrons. The van der Waals surface area contributed by atoms with E-state index in [2.05, 4.69) is 26.3 Å². The molecular weight excluding hydrogens is 364 g/mol. The molecule has 1 aliphatic rings. The minimum Gasteiger partial charge on any atom is -0.353 e. The second-order valence-electron chi connectivity index (χ2n) is 6.41. The third-order valence-electron chi connectivity index (χ3n) is 4.56. The van der Waals surface area contributed by atoms with E-state index in [1.807, 2.05) is 42.5 Å². The summed E-state index contributed by atoms with van der Waals surface area (Å²) in [5.41, 5.74) is 3.15. The molecule has 0 unspecified atom stereocenters. The Bertz CT molecular complexity index is 908. The first-order valence-electron chi connectivity index (χ1n) is 8.58. The van der Waals surface area contributed by atoms with Crippen LogP contribution in [0.4, 0.5) is 5.82 Å². The lowest BCUT2D eigenvalue weighted by Crippen LogP contribution is -2.49. The average molecular weight is 385 g/mol. The molecule has 0 aromatic carbocycles. The number of anilines is 1. The van der Waals surface area contributed by atoms with Crippen LogP contribution in [-0.4, -0.2) is 47.0 Å². The highest BCUT2D eigenvalue weighted by atomic mass is 32.1. The molecule has 0 radical (unpaired) electrons. The van der Waals surface area contributed by atoms with Crippen LogP contribution < -0.4 is 4.90 Å². The van der Waals surface area contributed by atoms with Crippen LogP contribution in [0.25, 0.3) is 10.6 Å². The maximum absolute atomic E-state index is 12.6. The highest BCUT2D eigenvalue weighted by Crippen LogP contribution is 2.25. The van der Waals surface area contributed by atoms with E-state index in [9.17, 15) is 4.79 Å². The van der Waals surface area contributed by atoms with Gasteiger partial charge in [0, 0.05) is 49.0 Å². The Kier molecular flexibility index (Phi) is 4.74. The lowest BCUT2D eigenvalue weighted by atomic mass is 10.2. The van der Waals surface area contributed by atoms with Crippen LogP contribution in [-0.2, 0) is 0 Å². The molecule has 0 bridgehead atoms. The van der Waals surface area contributed by atoms with E-state index < -0.39 is 0 Å². The van der Waals surface area contributed by atoms with Crippen molar-refractivity contribution in [1.29, 1.82) is 0 Å². The summed E-state index contributed by atoms with van der Waals surface area (Å²) < 4.78 is 0. The van der Waals surface area contributed by atoms with Crippen molar-refractivity contribution < 1.29 is 4.79 Å². The van der Waals surface area contributed by atoms with Crippen LogP contribution in [0.1, 0.15) is 20.9 Å². The molecule has 26 heavy (non-hydrogen) atoms. The average Bonchev–Trinajstić information content (AvgIpc) is 3.30. The van der Waals surface area contributed by atoms with E-state index in [0.717, 1.165) is 58.7 Å². The molecule has 0 N–H and O–H groups in total. The first kappa shape index (κ1) is 17.2. The number of amides is 1. The van der Waals surface area contributed by atoms with E-state index in [0.29, 0.717) is 0 Å². The molecule has 0 atom stereocenters. The first-order valence-corrected chi connectivity index (χ1v) is 10.3. The molecule has 0 aliphatic carbocycles. The van der Waals surface area contributed by atoms with Crippen LogP contribution in [0.15, 0.2) is 35.2 Å². The maximum atomic E-state index is 12.6. The minimum atomic E-state index is 0.152. The van der Waals surface area contributed by atoms with Gasteiger partial charge in [0.25, 0.3) is 5.91 Å². The zero-order chi connectivity index (χ0) is 18.1. The van der Waals surface area contributed by atoms with Gasteiger partial charge >= 0.3 is 0 Å². The topological polar surface area (TPSA) is 49.3 Å². The van der Waals surface area contributed by atoms with Gasteiger partial charge in [-0.15, -0.1) is 22.7 Å². The molecule has 4 rings (SSSR count). The largest absolute Gasteiger partial charge is 0.353 e. The Morgan fingerprint density at radius 3 is 2.46 bits per heavy atom. The number of carbonyl (C=O) groups excluding carboxylic acids is 1. The van der Waals surface area contributed by atoms with Gasteiger partial charge in [0.05, 0.1) is 4.88 Å². The van der Waals surface area contributed by atoms with Gasteiger partial charge in [-0.25, -0.2) is 9.97 Å². The summed E-state index contributed by atoms with van der Waals surface area (Å²) >= 11 is 3.17. The Balaban J connectivity index is 1.40. The van der Waals surface area contributed by atoms with Crippen LogP contribution >= 0.6 is 22.7 Å². The number of pyridine rings is 1. The van der Waals surface area contributed by atoms with Crippen molar-refractivity contribution in [3.63, 3.8) is 0 Å². The number of hydrogen-bond acceptors (Lipinski definition) is 6. The molecule has 0 saturated carbocycles. The van der Waals surface area contributed by atoms with Crippen molar-refractivity contribution in [2.24, 2.45) is 0 Å². The van der Waals surface area contributed by atoms with E-state index >= 15 is 0 Å². The number of rotatable bonds is 3. The zero-order valence-electron chi connectivity index (χ0n) is 14.8. The predicted octanol–water partition coefficient (Wildman–Crippen LogP) is 3.85. The molecule has 3 aromatic heterocycles. The smallest absolute Gasteiger partial charge is 0.264 e. The van der Waals surface area contributed by atoms with Gasteiger partial charge in [-0.05, 0) is 43.0 Å². The molecular formula is C19H20N4OS2. The van der Waals surface area contributed by atoms with E-state index in [1.54, 1.807) is 11.3 Å². The standard InChI is InChI=1S/C19H20N4OS2/c1-13-5-10-25-17(13)19(24)23-8-6-22(7-9-23)16-4-3-15(11-20-16)18-21-14(2)12-26-18/h3-5,10-12H,6-9H2,1-2H3. The summed E-state index contributed by atoms with van der Waals surface area (Å²) in [6, 6.07) is 6.13. The monoisotopic (exact) mass is 384 g/mol. The SMILES string of the molecule is Cc1csc(-c2ccc(N3CCN(C(=O)c4sccc4C)CC3)nc2)n1. The van der Waals surface area contributed by atoms with Crippen molar-refractivity contribution in [1.82, 2.24) is 14.9 Å². The van der Waals surface area contributed by atoms with E-state index in [-0.39, 0.29) is 5.91 Å². The highest BCUT2D eigenvalue weighted by molar-refractivity contribution is 7.13. The molecule has 1 saturated heterocycles. The second kappa shape index (κ2) is 7.17. The lowest BCUT2D eigenvalue weighted by Gasteiger charge is -2.35. The van der Waals surface area contributed by atoms with Gasteiger partial charge in [0.15, 0.2) is 0 Å². The van der Waals surface area contributed by atoms with Gasteiger partial charge in [-0.1, -0.05) is 0 Å². The van der Waals surface area contributed by atoms with Gasteiger partial charge in [0.1, 0.15) is 10.8 Å². The summed E-state index contributed by atoms with van der Waals surface area (Å²) in [6.07, 6.45) is 1.89. The van der Waals surface area contributed by atoms with E-state index in [1.165, 1.54) is 11.3 Å². The Morgan fingerprint density at radius 1 is 1.08 bits per heavy atom. The summed E-state index contributed by atoms with van der Waals surface area (Å²) in [5, 5.41) is 5.03. The number of nitrogens with zero attached hydrogens (tertiary/aromatic N) is 4. The summed E-state index contributed by atoms with van der Waals surface area (Å²) in [4.78, 5) is 26.8. The molecule has 0 spiro atoms. The quantitative estimate of drug-likeness (QED) is 0.688. The summed E-state index contributed by atoms with van der Waals surface area (Å²) in [7, 11) is 0. The normalized spacial score (nSPS) is 14.7. The number of hydrogen-bond donors (Lipinski definition) is 0. The number of piperazine rings is 1. The van der Waals surface area contributed by atoms with Crippen molar-refractivity contribution in [3.8, 4) is 10.6 Å². The molecule has 5 nitrogen and oxygen atoms in total. The van der Waals surface area contributed by atoms with Gasteiger partial charge in [-0.3, -0.25) is 4.79 Å². The Labute approximate surface area is 160 Å². The molecule has 1 aliphatic heterocycles. The molecule has 1 fully saturated rings. The second-order valence-corrected chi connectivity index (χ2v) is 8.19. The van der Waals surface area contributed by atoms with Gasteiger partial charge in [-0.2, -0.15) is 0 Å². The number of carbonyl (C=O) groups is 1. The van der Waals surface area contributed by atoms with Gasteiger partial charge in [0.2, 0.25) is 0 Å².